The van der Waals surface area contributed by atoms with Crippen molar-refractivity contribution in [3.63, 3.8) is 0 Å². The Bertz CT molecular complexity index is 697. The van der Waals surface area contributed by atoms with Gasteiger partial charge in [-0.2, -0.15) is 0 Å². The zero-order valence-corrected chi connectivity index (χ0v) is 15.4. The van der Waals surface area contributed by atoms with Gasteiger partial charge in [-0.3, -0.25) is 9.78 Å². The SMILES string of the molecule is O=C1CC[C@H](CCNCc2cccnc2)N1C[C@H]1C[C@H]2C=C[C@H]1C21CC1. The fourth-order valence-corrected chi connectivity index (χ4v) is 5.93. The number of nitrogens with one attached hydrogen (secondary N) is 1. The number of pyridine rings is 1. The molecule has 138 valence electrons. The molecule has 1 saturated heterocycles. The topological polar surface area (TPSA) is 45.2 Å². The highest BCUT2D eigenvalue weighted by atomic mass is 16.2. The van der Waals surface area contributed by atoms with E-state index in [-0.39, 0.29) is 0 Å². The molecule has 4 aliphatic rings. The third-order valence-electron chi connectivity index (χ3n) is 7.43. The molecular weight excluding hydrogens is 322 g/mol. The van der Waals surface area contributed by atoms with Gasteiger partial charge in [0.15, 0.2) is 0 Å². The summed E-state index contributed by atoms with van der Waals surface area (Å²) in [5, 5.41) is 3.52. The summed E-state index contributed by atoms with van der Waals surface area (Å²) >= 11 is 0. The van der Waals surface area contributed by atoms with Crippen molar-refractivity contribution >= 4 is 5.91 Å². The van der Waals surface area contributed by atoms with Gasteiger partial charge in [0, 0.05) is 37.9 Å². The summed E-state index contributed by atoms with van der Waals surface area (Å²) in [7, 11) is 0. The molecule has 3 fully saturated rings. The summed E-state index contributed by atoms with van der Waals surface area (Å²) in [4.78, 5) is 18.9. The summed E-state index contributed by atoms with van der Waals surface area (Å²) in [5.41, 5.74) is 1.85. The molecule has 1 aliphatic heterocycles. The molecule has 4 nitrogen and oxygen atoms in total. The van der Waals surface area contributed by atoms with Crippen molar-refractivity contribution in [1.29, 1.82) is 0 Å². The smallest absolute Gasteiger partial charge is 0.222 e. The second kappa shape index (κ2) is 6.49. The quantitative estimate of drug-likeness (QED) is 0.606. The maximum atomic E-state index is 12.5. The van der Waals surface area contributed by atoms with Crippen molar-refractivity contribution in [2.45, 2.75) is 51.1 Å². The first-order valence-corrected chi connectivity index (χ1v) is 10.3. The Hall–Kier alpha value is -1.68. The van der Waals surface area contributed by atoms with E-state index in [1.54, 1.807) is 0 Å². The average molecular weight is 351 g/mol. The van der Waals surface area contributed by atoms with Gasteiger partial charge in [-0.25, -0.2) is 0 Å². The van der Waals surface area contributed by atoms with Crippen molar-refractivity contribution in [3.05, 3.63) is 42.2 Å². The minimum Gasteiger partial charge on any atom is -0.339 e. The molecule has 0 unspecified atom stereocenters. The largest absolute Gasteiger partial charge is 0.339 e. The Morgan fingerprint density at radius 1 is 1.31 bits per heavy atom. The third kappa shape index (κ3) is 2.79. The monoisotopic (exact) mass is 351 g/mol. The van der Waals surface area contributed by atoms with Crippen LogP contribution >= 0.6 is 0 Å². The Balaban J connectivity index is 1.14. The number of amides is 1. The van der Waals surface area contributed by atoms with Crippen LogP contribution in [0.3, 0.4) is 0 Å². The van der Waals surface area contributed by atoms with Gasteiger partial charge < -0.3 is 10.2 Å². The van der Waals surface area contributed by atoms with Gasteiger partial charge in [-0.1, -0.05) is 18.2 Å². The molecule has 2 heterocycles. The van der Waals surface area contributed by atoms with Crippen molar-refractivity contribution in [3.8, 4) is 0 Å². The number of nitrogens with zero attached hydrogens (tertiary/aromatic N) is 2. The van der Waals surface area contributed by atoms with Gasteiger partial charge in [0.05, 0.1) is 0 Å². The summed E-state index contributed by atoms with van der Waals surface area (Å²) in [6.07, 6.45) is 15.7. The van der Waals surface area contributed by atoms with Gasteiger partial charge in [-0.05, 0) is 73.4 Å². The van der Waals surface area contributed by atoms with Gasteiger partial charge >= 0.3 is 0 Å². The molecule has 1 N–H and O–H groups in total. The van der Waals surface area contributed by atoms with Crippen LogP contribution in [0.25, 0.3) is 0 Å². The highest BCUT2D eigenvalue weighted by Crippen LogP contribution is 2.70. The van der Waals surface area contributed by atoms with Crippen LogP contribution in [0.5, 0.6) is 0 Å². The molecule has 26 heavy (non-hydrogen) atoms. The first kappa shape index (κ1) is 16.5. The second-order valence-corrected chi connectivity index (χ2v) is 8.81. The minimum absolute atomic E-state index is 0.388. The molecule has 0 radical (unpaired) electrons. The highest BCUT2D eigenvalue weighted by Gasteiger charge is 2.62. The van der Waals surface area contributed by atoms with E-state index in [2.05, 4.69) is 33.4 Å². The highest BCUT2D eigenvalue weighted by molar-refractivity contribution is 5.78. The number of rotatable bonds is 7. The lowest BCUT2D eigenvalue weighted by atomic mass is 9.88. The zero-order chi connectivity index (χ0) is 17.6. The van der Waals surface area contributed by atoms with Gasteiger partial charge in [0.2, 0.25) is 5.91 Å². The maximum Gasteiger partial charge on any atom is 0.222 e. The zero-order valence-electron chi connectivity index (χ0n) is 15.4. The summed E-state index contributed by atoms with van der Waals surface area (Å²) in [6.45, 7) is 2.82. The van der Waals surface area contributed by atoms with Crippen LogP contribution in [0, 0.1) is 23.2 Å². The predicted molar refractivity (Wildman–Crippen MR) is 101 cm³/mol. The summed E-state index contributed by atoms with van der Waals surface area (Å²) in [5.74, 6) is 2.67. The Morgan fingerprint density at radius 3 is 3.00 bits per heavy atom. The number of allylic oxidation sites excluding steroid dienone is 2. The lowest BCUT2D eigenvalue weighted by molar-refractivity contribution is -0.129. The standard InChI is InChI=1S/C22H29N3O/c26-21-6-4-19(7-11-24-14-16-2-1-10-23-13-16)25(21)15-17-12-18-3-5-20(17)22(18)8-9-22/h1-3,5,10,13,17-20,24H,4,6-9,11-12,14-15H2/t17-,18-,19-,20-/m1/s1. The number of carbonyl (C=O) groups is 1. The molecule has 5 rings (SSSR count). The number of hydrogen-bond acceptors (Lipinski definition) is 3. The van der Waals surface area contributed by atoms with Crippen LogP contribution in [-0.2, 0) is 11.3 Å². The summed E-state index contributed by atoms with van der Waals surface area (Å²) in [6, 6.07) is 4.51. The molecule has 1 amide bonds. The van der Waals surface area contributed by atoms with E-state index in [0.717, 1.165) is 50.7 Å². The molecular formula is C22H29N3O. The average Bonchev–Trinajstić information content (AvgIpc) is 3.22. The first-order chi connectivity index (χ1) is 12.8. The lowest BCUT2D eigenvalue weighted by Gasteiger charge is -2.30. The molecule has 4 atom stereocenters. The molecule has 3 aliphatic carbocycles. The van der Waals surface area contributed by atoms with E-state index in [1.165, 1.54) is 24.8 Å². The van der Waals surface area contributed by atoms with E-state index < -0.39 is 0 Å². The van der Waals surface area contributed by atoms with Crippen molar-refractivity contribution < 1.29 is 4.79 Å². The van der Waals surface area contributed by atoms with Crippen LogP contribution in [0.1, 0.15) is 44.1 Å². The lowest BCUT2D eigenvalue weighted by Crippen LogP contribution is -2.39. The molecule has 1 aromatic rings. The normalized spacial score (nSPS) is 33.5. The van der Waals surface area contributed by atoms with E-state index >= 15 is 0 Å². The van der Waals surface area contributed by atoms with Gasteiger partial charge in [-0.15, -0.1) is 0 Å². The van der Waals surface area contributed by atoms with E-state index in [0.29, 0.717) is 23.3 Å². The van der Waals surface area contributed by atoms with E-state index in [9.17, 15) is 4.79 Å². The molecule has 1 aromatic heterocycles. The summed E-state index contributed by atoms with van der Waals surface area (Å²) < 4.78 is 0. The number of carbonyl (C=O) groups excluding carboxylic acids is 1. The van der Waals surface area contributed by atoms with Crippen LogP contribution in [0.4, 0.5) is 0 Å². The first-order valence-electron chi connectivity index (χ1n) is 10.3. The maximum absolute atomic E-state index is 12.5. The Morgan fingerprint density at radius 2 is 2.23 bits per heavy atom. The molecule has 2 bridgehead atoms. The van der Waals surface area contributed by atoms with Crippen LogP contribution in [-0.4, -0.2) is 34.9 Å². The van der Waals surface area contributed by atoms with Gasteiger partial charge in [0.1, 0.15) is 0 Å². The second-order valence-electron chi connectivity index (χ2n) is 8.81. The van der Waals surface area contributed by atoms with E-state index in [4.69, 9.17) is 0 Å². The van der Waals surface area contributed by atoms with Crippen molar-refractivity contribution in [1.82, 2.24) is 15.2 Å². The molecule has 4 heteroatoms. The van der Waals surface area contributed by atoms with Crippen LogP contribution < -0.4 is 5.32 Å². The number of hydrogen-bond donors (Lipinski definition) is 1. The van der Waals surface area contributed by atoms with Crippen molar-refractivity contribution in [2.75, 3.05) is 13.1 Å². The Kier molecular flexibility index (Phi) is 4.11. The molecule has 0 aromatic carbocycles. The van der Waals surface area contributed by atoms with Gasteiger partial charge in [0.25, 0.3) is 0 Å². The Labute approximate surface area is 156 Å². The third-order valence-corrected chi connectivity index (χ3v) is 7.43. The minimum atomic E-state index is 0.388. The van der Waals surface area contributed by atoms with E-state index in [1.807, 2.05) is 18.5 Å². The fraction of sp³-hybridized carbons (Fsp3) is 0.636. The van der Waals surface area contributed by atoms with Crippen LogP contribution in [0.15, 0.2) is 36.7 Å². The predicted octanol–water partition coefficient (Wildman–Crippen LogP) is 3.15. The fourth-order valence-electron chi connectivity index (χ4n) is 5.93. The number of aromatic nitrogens is 1. The van der Waals surface area contributed by atoms with Crippen molar-refractivity contribution in [2.24, 2.45) is 23.2 Å². The molecule has 1 spiro atoms. The van der Waals surface area contributed by atoms with Crippen LogP contribution in [0.2, 0.25) is 0 Å². The molecule has 2 saturated carbocycles. The number of likely N-dealkylation sites (tertiary alicyclic amines) is 1.